The number of ether oxygens (including phenoxy) is 1. The zero-order chi connectivity index (χ0) is 16.8. The van der Waals surface area contributed by atoms with Crippen LogP contribution in [0, 0.1) is 5.92 Å². The van der Waals surface area contributed by atoms with E-state index in [0.717, 1.165) is 40.0 Å². The minimum absolute atomic E-state index is 0.676. The summed E-state index contributed by atoms with van der Waals surface area (Å²) < 4.78 is 11.3. The van der Waals surface area contributed by atoms with Crippen molar-refractivity contribution >= 4 is 22.4 Å². The highest BCUT2D eigenvalue weighted by Gasteiger charge is 2.30. The summed E-state index contributed by atoms with van der Waals surface area (Å²) in [5.41, 5.74) is 5.99. The van der Waals surface area contributed by atoms with Crippen molar-refractivity contribution in [2.45, 2.75) is 19.3 Å². The number of fused-ring (bicyclic) bond motifs is 1. The molecule has 124 valence electrons. The maximum absolute atomic E-state index is 6.01. The van der Waals surface area contributed by atoms with E-state index >= 15 is 0 Å². The highest BCUT2D eigenvalue weighted by atomic mass is 16.5. The molecule has 1 aliphatic heterocycles. The molecule has 25 heavy (non-hydrogen) atoms. The number of benzene rings is 1. The molecular weight excluding hydrogens is 314 g/mol. The van der Waals surface area contributed by atoms with Gasteiger partial charge < -0.3 is 9.15 Å². The van der Waals surface area contributed by atoms with Gasteiger partial charge in [0.05, 0.1) is 13.3 Å². The van der Waals surface area contributed by atoms with Gasteiger partial charge in [-0.1, -0.05) is 6.07 Å². The number of rotatable bonds is 4. The highest BCUT2D eigenvalue weighted by molar-refractivity contribution is 6.00. The number of nitrogens with zero attached hydrogens (tertiary/aromatic N) is 3. The van der Waals surface area contributed by atoms with Crippen molar-refractivity contribution in [3.05, 3.63) is 48.7 Å². The minimum atomic E-state index is 0.676. The Morgan fingerprint density at radius 1 is 1.12 bits per heavy atom. The molecule has 0 bridgehead atoms. The SMILES string of the molecule is COc1cncc(-c2ccc3nc(C4=CN=C(C5CC5)C4)oc3c2)c1. The lowest BCUT2D eigenvalue weighted by atomic mass is 10.1. The Balaban J connectivity index is 1.47. The molecule has 1 fully saturated rings. The first-order valence-electron chi connectivity index (χ1n) is 8.46. The van der Waals surface area contributed by atoms with Crippen LogP contribution in [0.2, 0.25) is 0 Å². The van der Waals surface area contributed by atoms with Crippen molar-refractivity contribution in [2.24, 2.45) is 10.9 Å². The van der Waals surface area contributed by atoms with Gasteiger partial charge in [-0.3, -0.25) is 9.98 Å². The van der Waals surface area contributed by atoms with Crippen LogP contribution in [-0.4, -0.2) is 22.8 Å². The monoisotopic (exact) mass is 331 g/mol. The lowest BCUT2D eigenvalue weighted by Crippen LogP contribution is -1.97. The first-order chi connectivity index (χ1) is 12.3. The Kier molecular flexibility index (Phi) is 3.20. The maximum atomic E-state index is 6.01. The number of hydrogen-bond donors (Lipinski definition) is 0. The van der Waals surface area contributed by atoms with E-state index in [9.17, 15) is 0 Å². The second-order valence-electron chi connectivity index (χ2n) is 6.54. The first kappa shape index (κ1) is 14.4. The van der Waals surface area contributed by atoms with E-state index in [4.69, 9.17) is 9.15 Å². The predicted octanol–water partition coefficient (Wildman–Crippen LogP) is 4.49. The molecule has 5 nitrogen and oxygen atoms in total. The zero-order valence-electron chi connectivity index (χ0n) is 13.9. The Morgan fingerprint density at radius 3 is 2.88 bits per heavy atom. The van der Waals surface area contributed by atoms with E-state index in [-0.39, 0.29) is 0 Å². The number of oxazole rings is 1. The molecule has 0 unspecified atom stereocenters. The molecule has 3 heterocycles. The van der Waals surface area contributed by atoms with Gasteiger partial charge in [0.15, 0.2) is 5.58 Å². The summed E-state index contributed by atoms with van der Waals surface area (Å²) in [6.07, 6.45) is 8.82. The van der Waals surface area contributed by atoms with Crippen LogP contribution in [0.1, 0.15) is 25.2 Å². The van der Waals surface area contributed by atoms with E-state index in [1.54, 1.807) is 13.3 Å². The Morgan fingerprint density at radius 2 is 2.04 bits per heavy atom. The van der Waals surface area contributed by atoms with Crippen LogP contribution >= 0.6 is 0 Å². The van der Waals surface area contributed by atoms with Crippen molar-refractivity contribution in [3.8, 4) is 16.9 Å². The van der Waals surface area contributed by atoms with Crippen LogP contribution in [0.4, 0.5) is 0 Å². The molecule has 2 aliphatic rings. The number of allylic oxidation sites excluding steroid dienone is 1. The first-order valence-corrected chi connectivity index (χ1v) is 8.46. The largest absolute Gasteiger partial charge is 0.495 e. The molecule has 0 saturated heterocycles. The second kappa shape index (κ2) is 5.55. The van der Waals surface area contributed by atoms with Crippen LogP contribution in [0.3, 0.4) is 0 Å². The molecule has 3 aromatic rings. The summed E-state index contributed by atoms with van der Waals surface area (Å²) >= 11 is 0. The summed E-state index contributed by atoms with van der Waals surface area (Å²) in [7, 11) is 1.64. The number of aliphatic imine (C=N–C) groups is 1. The molecule has 1 aromatic carbocycles. The zero-order valence-corrected chi connectivity index (χ0v) is 13.9. The fourth-order valence-corrected chi connectivity index (χ4v) is 3.17. The molecule has 0 N–H and O–H groups in total. The molecule has 1 saturated carbocycles. The summed E-state index contributed by atoms with van der Waals surface area (Å²) in [4.78, 5) is 13.4. The van der Waals surface area contributed by atoms with Crippen molar-refractivity contribution < 1.29 is 9.15 Å². The fraction of sp³-hybridized carbons (Fsp3) is 0.250. The van der Waals surface area contributed by atoms with Gasteiger partial charge in [-0.15, -0.1) is 0 Å². The van der Waals surface area contributed by atoms with Gasteiger partial charge in [-0.2, -0.15) is 0 Å². The van der Waals surface area contributed by atoms with Gasteiger partial charge in [0.25, 0.3) is 0 Å². The van der Waals surface area contributed by atoms with Crippen LogP contribution in [0.25, 0.3) is 27.8 Å². The summed E-state index contributed by atoms with van der Waals surface area (Å²) in [5.74, 6) is 2.09. The number of hydrogen-bond acceptors (Lipinski definition) is 5. The lowest BCUT2D eigenvalue weighted by molar-refractivity contribution is 0.413. The third-order valence-corrected chi connectivity index (χ3v) is 4.75. The van der Waals surface area contributed by atoms with Crippen molar-refractivity contribution in [2.75, 3.05) is 7.11 Å². The normalized spacial score (nSPS) is 16.8. The van der Waals surface area contributed by atoms with Crippen molar-refractivity contribution in [1.82, 2.24) is 9.97 Å². The van der Waals surface area contributed by atoms with Crippen LogP contribution in [0.15, 0.2) is 52.3 Å². The summed E-state index contributed by atoms with van der Waals surface area (Å²) in [6, 6.07) is 7.97. The Bertz CT molecular complexity index is 1030. The Labute approximate surface area is 145 Å². The maximum Gasteiger partial charge on any atom is 0.225 e. The van der Waals surface area contributed by atoms with Crippen LogP contribution in [0.5, 0.6) is 5.75 Å². The summed E-state index contributed by atoms with van der Waals surface area (Å²) in [6.45, 7) is 0. The number of pyridine rings is 1. The lowest BCUT2D eigenvalue weighted by Gasteiger charge is -2.03. The molecule has 5 heteroatoms. The topological polar surface area (TPSA) is 60.5 Å². The smallest absolute Gasteiger partial charge is 0.225 e. The summed E-state index contributed by atoms with van der Waals surface area (Å²) in [5, 5.41) is 0. The molecule has 1 aliphatic carbocycles. The molecule has 0 amide bonds. The minimum Gasteiger partial charge on any atom is -0.495 e. The average molecular weight is 331 g/mol. The third kappa shape index (κ3) is 2.61. The molecule has 0 radical (unpaired) electrons. The van der Waals surface area contributed by atoms with Gasteiger partial charge in [0.1, 0.15) is 11.3 Å². The van der Waals surface area contributed by atoms with E-state index in [1.165, 1.54) is 18.6 Å². The molecular formula is C20H17N3O2. The number of methoxy groups -OCH3 is 1. The average Bonchev–Trinajstić information content (AvgIpc) is 3.23. The highest BCUT2D eigenvalue weighted by Crippen LogP contribution is 2.38. The fourth-order valence-electron chi connectivity index (χ4n) is 3.17. The predicted molar refractivity (Wildman–Crippen MR) is 96.5 cm³/mol. The molecule has 5 rings (SSSR count). The third-order valence-electron chi connectivity index (χ3n) is 4.75. The van der Waals surface area contributed by atoms with Gasteiger partial charge >= 0.3 is 0 Å². The van der Waals surface area contributed by atoms with E-state index in [0.29, 0.717) is 11.8 Å². The quantitative estimate of drug-likeness (QED) is 0.706. The van der Waals surface area contributed by atoms with Gasteiger partial charge in [-0.05, 0) is 42.5 Å². The Hall–Kier alpha value is -2.95. The van der Waals surface area contributed by atoms with Crippen molar-refractivity contribution in [3.63, 3.8) is 0 Å². The van der Waals surface area contributed by atoms with E-state index in [1.807, 2.05) is 36.7 Å². The number of aromatic nitrogens is 2. The van der Waals surface area contributed by atoms with Crippen LogP contribution < -0.4 is 4.74 Å². The van der Waals surface area contributed by atoms with E-state index in [2.05, 4.69) is 15.0 Å². The molecule has 0 spiro atoms. The van der Waals surface area contributed by atoms with Gasteiger partial charge in [-0.25, -0.2) is 4.98 Å². The van der Waals surface area contributed by atoms with Crippen molar-refractivity contribution in [1.29, 1.82) is 0 Å². The van der Waals surface area contributed by atoms with Gasteiger partial charge in [0.2, 0.25) is 5.89 Å². The van der Waals surface area contributed by atoms with E-state index < -0.39 is 0 Å². The van der Waals surface area contributed by atoms with Crippen LogP contribution in [-0.2, 0) is 0 Å². The molecule has 0 atom stereocenters. The van der Waals surface area contributed by atoms with Gasteiger partial charge in [0, 0.05) is 35.7 Å². The second-order valence-corrected chi connectivity index (χ2v) is 6.54. The standard InChI is InChI=1S/C20H17N3O2/c1-24-16-6-14(9-21-11-16)13-4-5-17-19(8-13)25-20(23-17)15-7-18(22-10-15)12-2-3-12/h4-6,8-12H,2-3,7H2,1H3. The molecule has 2 aromatic heterocycles.